The van der Waals surface area contributed by atoms with Gasteiger partial charge in [0, 0.05) is 61.5 Å². The average molecular weight is 1300 g/mol. The molecule has 0 unspecified atom stereocenters. The van der Waals surface area contributed by atoms with Crippen molar-refractivity contribution in [3.8, 4) is 77.9 Å². The zero-order valence-corrected chi connectivity index (χ0v) is 55.4. The van der Waals surface area contributed by atoms with Gasteiger partial charge in [-0.3, -0.25) is 0 Å². The van der Waals surface area contributed by atoms with Gasteiger partial charge in [-0.05, 0) is 196 Å². The van der Waals surface area contributed by atoms with Crippen LogP contribution in [0.4, 0.5) is 34.1 Å². The molecule has 4 aliphatic rings. The molecule has 4 aliphatic carbocycles. The minimum atomic E-state index is -0.608. The molecule has 22 rings (SSSR count). The second-order valence-corrected chi connectivity index (χ2v) is 27.7. The molecule has 16 aromatic carbocycles. The van der Waals surface area contributed by atoms with Crippen molar-refractivity contribution < 1.29 is 8.83 Å². The van der Waals surface area contributed by atoms with Gasteiger partial charge in [-0.25, -0.2) is 0 Å². The molecule has 2 aromatic heterocycles. The van der Waals surface area contributed by atoms with Crippen LogP contribution in [0.3, 0.4) is 0 Å². The Kier molecular flexibility index (Phi) is 12.0. The maximum absolute atomic E-state index is 6.67. The smallest absolute Gasteiger partial charge is 0.137 e. The molecule has 2 heterocycles. The van der Waals surface area contributed by atoms with E-state index in [-0.39, 0.29) is 0 Å². The standard InChI is InChI=1S/C98H60N2O2/c1-2-20-61(21-3-1)63-44-49-67(50-45-63)99(69-54-57-93-80(59-69)76-27-10-17-39-92(76)101-93)90-37-19-35-87-96(90)79-55-48-66(58-88(79)98(87)83-31-13-6-24-73(83)74-25-7-14-32-84(74)98)65-42-40-62(41-43-65)64-46-51-68(52-47-64)100(70-53-56-77-75-26-9-16-38-91(75)102-94(77)60-70)89-36-18-34-86-95(89)78-28-8-15-33-85(78)97(86)81-29-11-4-22-71(81)72-23-5-12-30-82(72)97/h1-60H. The molecule has 4 heteroatoms. The minimum absolute atomic E-state index is 0.490. The monoisotopic (exact) mass is 1300 g/mol. The number of nitrogens with zero attached hydrogens (tertiary/aromatic N) is 2. The van der Waals surface area contributed by atoms with Crippen molar-refractivity contribution in [1.29, 1.82) is 0 Å². The highest BCUT2D eigenvalue weighted by atomic mass is 16.3. The van der Waals surface area contributed by atoms with E-state index >= 15 is 0 Å². The summed E-state index contributed by atoms with van der Waals surface area (Å²) in [6.45, 7) is 0. The van der Waals surface area contributed by atoms with Crippen molar-refractivity contribution in [2.45, 2.75) is 10.8 Å². The SMILES string of the molecule is c1ccc(-c2ccc(N(c3ccc4oc5ccccc5c4c3)c3cccc4c3-c3ccc(-c5ccc(-c6ccc(N(c7ccc8c(c7)oc7ccccc78)c7cccc8c7-c7ccccc7C87c8ccccc8-c8ccccc87)cc6)cc5)cc3C43c4ccccc4-c4ccccc43)cc2)cc1. The molecule has 2 spiro atoms. The van der Waals surface area contributed by atoms with Crippen molar-refractivity contribution in [3.63, 3.8) is 0 Å². The first-order valence-electron chi connectivity index (χ1n) is 35.3. The predicted molar refractivity (Wildman–Crippen MR) is 419 cm³/mol. The van der Waals surface area contributed by atoms with Gasteiger partial charge in [0.25, 0.3) is 0 Å². The van der Waals surface area contributed by atoms with Gasteiger partial charge >= 0.3 is 0 Å². The Labute approximate surface area is 590 Å². The molecule has 0 bridgehead atoms. The molecule has 0 aliphatic heterocycles. The Morgan fingerprint density at radius 1 is 0.186 bits per heavy atom. The summed E-state index contributed by atoms with van der Waals surface area (Å²) in [6, 6.07) is 135. The summed E-state index contributed by atoms with van der Waals surface area (Å²) >= 11 is 0. The van der Waals surface area contributed by atoms with E-state index in [1.54, 1.807) is 0 Å². The van der Waals surface area contributed by atoms with Gasteiger partial charge in [0.05, 0.1) is 22.2 Å². The third-order valence-corrected chi connectivity index (χ3v) is 22.7. The molecule has 4 nitrogen and oxygen atoms in total. The Bertz CT molecular complexity index is 6420. The second-order valence-electron chi connectivity index (χ2n) is 27.7. The van der Waals surface area contributed by atoms with Gasteiger partial charge in [-0.1, -0.05) is 273 Å². The number of benzene rings is 16. The zero-order valence-electron chi connectivity index (χ0n) is 55.4. The van der Waals surface area contributed by atoms with Gasteiger partial charge in [-0.2, -0.15) is 0 Å². The van der Waals surface area contributed by atoms with Gasteiger partial charge in [0.2, 0.25) is 0 Å². The summed E-state index contributed by atoms with van der Waals surface area (Å²) in [6.07, 6.45) is 0. The Morgan fingerprint density at radius 2 is 0.529 bits per heavy atom. The number of rotatable bonds is 9. The number of furan rings is 2. The van der Waals surface area contributed by atoms with E-state index < -0.39 is 10.8 Å². The number of hydrogen-bond donors (Lipinski definition) is 0. The van der Waals surface area contributed by atoms with Gasteiger partial charge in [-0.15, -0.1) is 0 Å². The average Bonchev–Trinajstić information content (AvgIpc) is 1.52. The largest absolute Gasteiger partial charge is 0.456 e. The summed E-state index contributed by atoms with van der Waals surface area (Å²) in [5.74, 6) is 0. The Morgan fingerprint density at radius 3 is 1.07 bits per heavy atom. The molecule has 18 aromatic rings. The van der Waals surface area contributed by atoms with E-state index in [2.05, 4.69) is 362 Å². The Balaban J connectivity index is 0.673. The van der Waals surface area contributed by atoms with Crippen molar-refractivity contribution >= 4 is 78.0 Å². The quantitative estimate of drug-likeness (QED) is 0.144. The van der Waals surface area contributed by atoms with E-state index in [0.717, 1.165) is 100 Å². The van der Waals surface area contributed by atoms with Crippen LogP contribution < -0.4 is 9.80 Å². The van der Waals surface area contributed by atoms with Crippen LogP contribution in [0.15, 0.2) is 373 Å². The highest BCUT2D eigenvalue weighted by Gasteiger charge is 2.54. The lowest BCUT2D eigenvalue weighted by atomic mass is 9.70. The summed E-state index contributed by atoms with van der Waals surface area (Å²) < 4.78 is 13.1. The lowest BCUT2D eigenvalue weighted by molar-refractivity contribution is 0.668. The third-order valence-electron chi connectivity index (χ3n) is 22.7. The number of anilines is 6. The molecule has 0 radical (unpaired) electrons. The normalized spacial score (nSPS) is 13.5. The van der Waals surface area contributed by atoms with E-state index in [1.165, 1.54) is 100 Å². The van der Waals surface area contributed by atoms with E-state index in [0.29, 0.717) is 0 Å². The number of hydrogen-bond acceptors (Lipinski definition) is 4. The summed E-state index contributed by atoms with van der Waals surface area (Å²) in [4.78, 5) is 4.92. The molecule has 0 saturated heterocycles. The van der Waals surface area contributed by atoms with Crippen LogP contribution in [0.5, 0.6) is 0 Å². The fourth-order valence-electron chi connectivity index (χ4n) is 18.5. The minimum Gasteiger partial charge on any atom is -0.456 e. The lowest BCUT2D eigenvalue weighted by Gasteiger charge is -2.32. The highest BCUT2D eigenvalue weighted by molar-refractivity contribution is 6.10. The molecule has 0 N–H and O–H groups in total. The molecule has 0 atom stereocenters. The fourth-order valence-corrected chi connectivity index (χ4v) is 18.5. The van der Waals surface area contributed by atoms with E-state index in [1.807, 2.05) is 12.1 Å². The second kappa shape index (κ2) is 21.6. The first-order valence-corrected chi connectivity index (χ1v) is 35.3. The summed E-state index contributed by atoms with van der Waals surface area (Å²) in [5, 5.41) is 4.39. The van der Waals surface area contributed by atoms with E-state index in [4.69, 9.17) is 8.83 Å². The first kappa shape index (κ1) is 56.7. The van der Waals surface area contributed by atoms with Gasteiger partial charge in [0.15, 0.2) is 0 Å². The topological polar surface area (TPSA) is 32.8 Å². The first-order chi connectivity index (χ1) is 50.6. The van der Waals surface area contributed by atoms with Crippen molar-refractivity contribution in [2.75, 3.05) is 9.80 Å². The molecular weight excluding hydrogens is 1240 g/mol. The number of fused-ring (bicyclic) bond motifs is 26. The lowest BCUT2D eigenvalue weighted by Crippen LogP contribution is -2.26. The van der Waals surface area contributed by atoms with Gasteiger partial charge < -0.3 is 18.6 Å². The van der Waals surface area contributed by atoms with Crippen molar-refractivity contribution in [2.24, 2.45) is 0 Å². The maximum Gasteiger partial charge on any atom is 0.137 e. The molecule has 0 amide bonds. The highest BCUT2D eigenvalue weighted by Crippen LogP contribution is 2.67. The summed E-state index contributed by atoms with van der Waals surface area (Å²) in [5.41, 5.74) is 36.2. The Hall–Kier alpha value is -13.3. The van der Waals surface area contributed by atoms with Crippen LogP contribution in [0.25, 0.3) is 122 Å². The zero-order chi connectivity index (χ0) is 66.8. The van der Waals surface area contributed by atoms with Crippen molar-refractivity contribution in [3.05, 3.63) is 408 Å². The molecule has 102 heavy (non-hydrogen) atoms. The predicted octanol–water partition coefficient (Wildman–Crippen LogP) is 26.1. The molecular formula is C98H60N2O2. The van der Waals surface area contributed by atoms with Crippen LogP contribution in [0, 0.1) is 0 Å². The van der Waals surface area contributed by atoms with Crippen LogP contribution >= 0.6 is 0 Å². The van der Waals surface area contributed by atoms with Crippen LogP contribution in [-0.4, -0.2) is 0 Å². The van der Waals surface area contributed by atoms with Gasteiger partial charge in [0.1, 0.15) is 22.3 Å². The number of para-hydroxylation sites is 2. The molecule has 474 valence electrons. The van der Waals surface area contributed by atoms with Crippen LogP contribution in [0.2, 0.25) is 0 Å². The van der Waals surface area contributed by atoms with Crippen molar-refractivity contribution in [1.82, 2.24) is 0 Å². The van der Waals surface area contributed by atoms with Crippen LogP contribution in [-0.2, 0) is 10.8 Å². The third kappa shape index (κ3) is 7.86. The molecule has 0 fully saturated rings. The molecule has 0 saturated carbocycles. The fraction of sp³-hybridized carbons (Fsp3) is 0.0204. The van der Waals surface area contributed by atoms with Crippen LogP contribution in [0.1, 0.15) is 44.5 Å². The maximum atomic E-state index is 6.67. The van der Waals surface area contributed by atoms with E-state index in [9.17, 15) is 0 Å². The summed E-state index contributed by atoms with van der Waals surface area (Å²) in [7, 11) is 0.